The monoisotopic (exact) mass is 514 g/mol. The molecule has 0 saturated carbocycles. The molecule has 11 nitrogen and oxygen atoms in total. The molecule has 0 aromatic heterocycles. The van der Waals surface area contributed by atoms with Crippen LogP contribution in [0.15, 0.2) is 75.5 Å². The average Bonchev–Trinajstić information content (AvgIpc) is 2.81. The van der Waals surface area contributed by atoms with Gasteiger partial charge in [0, 0.05) is 16.9 Å². The number of amides is 2. The Kier molecular flexibility index (Phi) is 8.43. The van der Waals surface area contributed by atoms with E-state index in [4.69, 9.17) is 4.74 Å². The Bertz CT molecular complexity index is 1520. The second-order valence-corrected chi connectivity index (χ2v) is 8.00. The number of ether oxygens (including phenoxy) is 1. The lowest BCUT2D eigenvalue weighted by molar-refractivity contribution is 0.102. The molecule has 2 N–H and O–H groups in total. The molecule has 3 aromatic rings. The second-order valence-electron chi connectivity index (χ2n) is 6.76. The van der Waals surface area contributed by atoms with Gasteiger partial charge in [-0.25, -0.2) is 0 Å². The van der Waals surface area contributed by atoms with Crippen LogP contribution in [0.3, 0.4) is 0 Å². The van der Waals surface area contributed by atoms with E-state index in [0.29, 0.717) is 18.0 Å². The Morgan fingerprint density at radius 2 is 1.23 bits per heavy atom. The van der Waals surface area contributed by atoms with Crippen LogP contribution >= 0.6 is 0 Å². The smallest absolute Gasteiger partial charge is 0.316 e. The van der Waals surface area contributed by atoms with Crippen molar-refractivity contribution in [2.24, 2.45) is 8.73 Å². The van der Waals surface area contributed by atoms with Gasteiger partial charge < -0.3 is 15.4 Å². The van der Waals surface area contributed by atoms with Gasteiger partial charge in [0.05, 0.1) is 23.5 Å². The molecular formula is C22H18N4O7S2. The molecule has 0 saturated heterocycles. The highest BCUT2D eigenvalue weighted by Gasteiger charge is 2.17. The molecule has 0 fully saturated rings. The fourth-order valence-electron chi connectivity index (χ4n) is 2.92. The third kappa shape index (κ3) is 7.31. The van der Waals surface area contributed by atoms with Gasteiger partial charge >= 0.3 is 21.0 Å². The summed E-state index contributed by atoms with van der Waals surface area (Å²) in [4.78, 5) is 25.7. The van der Waals surface area contributed by atoms with Crippen molar-refractivity contribution in [1.82, 2.24) is 0 Å². The zero-order valence-electron chi connectivity index (χ0n) is 18.1. The van der Waals surface area contributed by atoms with Gasteiger partial charge in [-0.2, -0.15) is 16.8 Å². The van der Waals surface area contributed by atoms with E-state index in [2.05, 4.69) is 19.4 Å². The molecule has 180 valence electrons. The number of carbonyl (C=O) groups excluding carboxylic acids is 2. The fraction of sp³-hybridized carbons (Fsp3) is 0.0909. The second kappa shape index (κ2) is 11.7. The summed E-state index contributed by atoms with van der Waals surface area (Å²) in [6.45, 7) is 2.04. The minimum absolute atomic E-state index is 0.112. The van der Waals surface area contributed by atoms with Crippen LogP contribution in [0.1, 0.15) is 27.6 Å². The highest BCUT2D eigenvalue weighted by Crippen LogP contribution is 2.24. The Morgan fingerprint density at radius 3 is 1.69 bits per heavy atom. The van der Waals surface area contributed by atoms with Crippen molar-refractivity contribution in [2.75, 3.05) is 17.2 Å². The Morgan fingerprint density at radius 1 is 0.743 bits per heavy atom. The van der Waals surface area contributed by atoms with Gasteiger partial charge in [-0.3, -0.25) is 9.59 Å². The average molecular weight is 515 g/mol. The number of benzene rings is 3. The summed E-state index contributed by atoms with van der Waals surface area (Å²) in [5.74, 6) is -0.779. The third-order valence-corrected chi connectivity index (χ3v) is 5.12. The summed E-state index contributed by atoms with van der Waals surface area (Å²) in [6, 6.07) is 16.0. The molecule has 0 spiro atoms. The molecule has 0 aliphatic rings. The Labute approximate surface area is 203 Å². The number of nitrogens with zero attached hydrogens (tertiary/aromatic N) is 2. The molecule has 0 radical (unpaired) electrons. The molecule has 2 amide bonds. The minimum atomic E-state index is -2.59. The minimum Gasteiger partial charge on any atom is -0.493 e. The van der Waals surface area contributed by atoms with Gasteiger partial charge in [0.25, 0.3) is 11.8 Å². The number of carbonyl (C=O) groups is 2. The maximum atomic E-state index is 12.9. The Hall–Kier alpha value is -4.36. The maximum Gasteiger partial charge on any atom is 0.316 e. The predicted octanol–water partition coefficient (Wildman–Crippen LogP) is 3.98. The van der Waals surface area contributed by atoms with Crippen LogP contribution in [0.25, 0.3) is 0 Å². The van der Waals surface area contributed by atoms with Crippen molar-refractivity contribution in [3.8, 4) is 5.75 Å². The summed E-state index contributed by atoms with van der Waals surface area (Å²) in [6.07, 6.45) is 0. The topological polar surface area (TPSA) is 160 Å². The van der Waals surface area contributed by atoms with Crippen molar-refractivity contribution in [2.45, 2.75) is 6.92 Å². The summed E-state index contributed by atoms with van der Waals surface area (Å²) in [7, 11) is -5.18. The quantitative estimate of drug-likeness (QED) is 0.460. The van der Waals surface area contributed by atoms with Gasteiger partial charge in [0.15, 0.2) is 0 Å². The van der Waals surface area contributed by atoms with E-state index in [0.717, 1.165) is 0 Å². The summed E-state index contributed by atoms with van der Waals surface area (Å²) in [5, 5.41) is 5.33. The summed E-state index contributed by atoms with van der Waals surface area (Å²) in [5.41, 5.74) is 1.48. The van der Waals surface area contributed by atoms with E-state index in [1.54, 1.807) is 6.92 Å². The van der Waals surface area contributed by atoms with Crippen LogP contribution in [0.2, 0.25) is 0 Å². The van der Waals surface area contributed by atoms with E-state index in [1.165, 1.54) is 66.7 Å². The fourth-order valence-corrected chi connectivity index (χ4v) is 3.50. The molecule has 0 heterocycles. The van der Waals surface area contributed by atoms with E-state index in [-0.39, 0.29) is 28.3 Å². The van der Waals surface area contributed by atoms with Crippen LogP contribution < -0.4 is 15.4 Å². The SMILES string of the molecule is CCOc1ccc(C(=O)Nc2ccc(N=S(=O)=O)cc2)cc1C(=O)Nc1ccc(N=S(=O)=O)cc1. The van der Waals surface area contributed by atoms with Gasteiger partial charge in [-0.05, 0) is 73.7 Å². The van der Waals surface area contributed by atoms with Crippen molar-refractivity contribution >= 4 is 55.6 Å². The normalized spacial score (nSPS) is 10.1. The highest BCUT2D eigenvalue weighted by molar-refractivity contribution is 7.62. The van der Waals surface area contributed by atoms with Gasteiger partial charge in [-0.1, -0.05) is 0 Å². The first-order valence-electron chi connectivity index (χ1n) is 9.97. The molecule has 3 aromatic carbocycles. The molecule has 13 heteroatoms. The molecule has 0 unspecified atom stereocenters. The number of hydrogen-bond donors (Lipinski definition) is 2. The molecule has 0 aliphatic heterocycles. The van der Waals surface area contributed by atoms with Crippen LogP contribution in [0.5, 0.6) is 5.75 Å². The van der Waals surface area contributed by atoms with Crippen molar-refractivity contribution in [1.29, 1.82) is 0 Å². The van der Waals surface area contributed by atoms with E-state index < -0.39 is 32.8 Å². The molecule has 0 aliphatic carbocycles. The third-order valence-electron chi connectivity index (χ3n) is 4.40. The molecule has 35 heavy (non-hydrogen) atoms. The van der Waals surface area contributed by atoms with Crippen LogP contribution in [-0.4, -0.2) is 35.3 Å². The zero-order chi connectivity index (χ0) is 25.4. The van der Waals surface area contributed by atoms with E-state index in [1.807, 2.05) is 0 Å². The summed E-state index contributed by atoms with van der Waals surface area (Å²) < 4.78 is 54.8. The van der Waals surface area contributed by atoms with Crippen LogP contribution in [0.4, 0.5) is 22.7 Å². The Balaban J connectivity index is 1.81. The predicted molar refractivity (Wildman–Crippen MR) is 128 cm³/mol. The van der Waals surface area contributed by atoms with E-state index >= 15 is 0 Å². The lowest BCUT2D eigenvalue weighted by Crippen LogP contribution is -2.17. The highest BCUT2D eigenvalue weighted by atomic mass is 32.2. The lowest BCUT2D eigenvalue weighted by Gasteiger charge is -2.13. The van der Waals surface area contributed by atoms with Gasteiger partial charge in [-0.15, -0.1) is 8.73 Å². The summed E-state index contributed by atoms with van der Waals surface area (Å²) >= 11 is 0. The molecule has 3 rings (SSSR count). The first-order chi connectivity index (χ1) is 16.7. The standard InChI is InChI=1S/C22H18N4O7S2/c1-2-33-20-12-3-14(21(27)23-15-4-8-17(9-5-15)25-34(29)30)13-19(20)22(28)24-16-6-10-18(11-7-16)26-35(31)32/h3-13H,2H2,1H3,(H,23,27)(H,24,28). The van der Waals surface area contributed by atoms with Crippen LogP contribution in [-0.2, 0) is 21.0 Å². The first-order valence-corrected chi connectivity index (χ1v) is 12.0. The van der Waals surface area contributed by atoms with Gasteiger partial charge in [0.1, 0.15) is 5.75 Å². The van der Waals surface area contributed by atoms with Crippen molar-refractivity contribution in [3.05, 3.63) is 77.9 Å². The van der Waals surface area contributed by atoms with E-state index in [9.17, 15) is 26.4 Å². The largest absolute Gasteiger partial charge is 0.493 e. The first kappa shape index (κ1) is 25.3. The maximum absolute atomic E-state index is 12.9. The van der Waals surface area contributed by atoms with Crippen molar-refractivity contribution in [3.63, 3.8) is 0 Å². The number of hydrogen-bond acceptors (Lipinski definition) is 9. The van der Waals surface area contributed by atoms with Crippen LogP contribution in [0, 0.1) is 0 Å². The van der Waals surface area contributed by atoms with Crippen molar-refractivity contribution < 1.29 is 31.2 Å². The molecular weight excluding hydrogens is 496 g/mol. The number of nitrogens with one attached hydrogen (secondary N) is 2. The molecule has 0 atom stereocenters. The zero-order valence-corrected chi connectivity index (χ0v) is 19.8. The number of rotatable bonds is 8. The lowest BCUT2D eigenvalue weighted by atomic mass is 10.1. The van der Waals surface area contributed by atoms with Gasteiger partial charge in [0.2, 0.25) is 0 Å². The molecule has 0 bridgehead atoms. The number of anilines is 2.